The highest BCUT2D eigenvalue weighted by Gasteiger charge is 2.18. The molecule has 2 rings (SSSR count). The van der Waals surface area contributed by atoms with Gasteiger partial charge in [0.15, 0.2) is 0 Å². The van der Waals surface area contributed by atoms with Crippen LogP contribution in [0.1, 0.15) is 18.1 Å². The highest BCUT2D eigenvalue weighted by atomic mass is 35.5. The molecule has 0 saturated heterocycles. The van der Waals surface area contributed by atoms with Crippen molar-refractivity contribution in [1.29, 1.82) is 0 Å². The summed E-state index contributed by atoms with van der Waals surface area (Å²) < 4.78 is 15.0. The average Bonchev–Trinajstić information content (AvgIpc) is 2.67. The van der Waals surface area contributed by atoms with E-state index in [0.717, 1.165) is 0 Å². The Morgan fingerprint density at radius 3 is 2.79 bits per heavy atom. The number of likely N-dealkylation sites (N-methyl/N-ethyl adjacent to an activating group) is 1. The summed E-state index contributed by atoms with van der Waals surface area (Å²) in [6, 6.07) is 4.30. The number of aromatic nitrogens is 2. The molecule has 1 aromatic heterocycles. The van der Waals surface area contributed by atoms with Crippen molar-refractivity contribution < 1.29 is 9.18 Å². The Labute approximate surface area is 115 Å². The highest BCUT2D eigenvalue weighted by Crippen LogP contribution is 2.25. The summed E-state index contributed by atoms with van der Waals surface area (Å²) in [6.45, 7) is 1.87. The monoisotopic (exact) mass is 283 g/mol. The summed E-state index contributed by atoms with van der Waals surface area (Å²) in [5.74, 6) is 0.110. The Kier molecular flexibility index (Phi) is 3.75. The Morgan fingerprint density at radius 2 is 2.21 bits per heavy atom. The maximum absolute atomic E-state index is 13.4. The predicted molar refractivity (Wildman–Crippen MR) is 72.7 cm³/mol. The number of carbonyl (C=O) groups excluding carboxylic acids is 1. The molecule has 1 aromatic carbocycles. The first kappa shape index (κ1) is 13.8. The predicted octanol–water partition coefficient (Wildman–Crippen LogP) is 2.56. The van der Waals surface area contributed by atoms with Crippen molar-refractivity contribution in [3.8, 4) is 0 Å². The van der Waals surface area contributed by atoms with Crippen molar-refractivity contribution >= 4 is 28.5 Å². The topological polar surface area (TPSA) is 38.1 Å². The number of amides is 1. The van der Waals surface area contributed by atoms with Gasteiger partial charge in [0, 0.05) is 14.1 Å². The summed E-state index contributed by atoms with van der Waals surface area (Å²) in [4.78, 5) is 17.7. The molecule has 2 aromatic rings. The van der Waals surface area contributed by atoms with E-state index in [1.165, 1.54) is 17.0 Å². The number of hydrogen-bond donors (Lipinski definition) is 0. The van der Waals surface area contributed by atoms with Crippen molar-refractivity contribution in [2.75, 3.05) is 14.1 Å². The van der Waals surface area contributed by atoms with Gasteiger partial charge in [-0.3, -0.25) is 4.79 Å². The van der Waals surface area contributed by atoms with E-state index < -0.39 is 0 Å². The fourth-order valence-electron chi connectivity index (χ4n) is 1.86. The number of alkyl halides is 1. The molecule has 0 aliphatic rings. The molecule has 0 spiro atoms. The molecular formula is C13H15ClFN3O. The van der Waals surface area contributed by atoms with E-state index in [9.17, 15) is 9.18 Å². The molecule has 0 saturated carbocycles. The van der Waals surface area contributed by atoms with Gasteiger partial charge >= 0.3 is 0 Å². The third-order valence-corrected chi connectivity index (χ3v) is 3.08. The lowest BCUT2D eigenvalue weighted by Crippen LogP contribution is -2.27. The van der Waals surface area contributed by atoms with Crippen LogP contribution in [-0.2, 0) is 11.3 Å². The minimum atomic E-state index is -0.361. The fraction of sp³-hybridized carbons (Fsp3) is 0.385. The van der Waals surface area contributed by atoms with Crippen molar-refractivity contribution in [3.63, 3.8) is 0 Å². The summed E-state index contributed by atoms with van der Waals surface area (Å²) >= 11 is 6.08. The number of benzene rings is 1. The van der Waals surface area contributed by atoms with Crippen molar-refractivity contribution in [3.05, 3.63) is 29.8 Å². The molecule has 6 heteroatoms. The first-order valence-electron chi connectivity index (χ1n) is 5.90. The second-order valence-electron chi connectivity index (χ2n) is 4.59. The normalized spacial score (nSPS) is 12.7. The molecule has 4 nitrogen and oxygen atoms in total. The molecular weight excluding hydrogens is 269 g/mol. The van der Waals surface area contributed by atoms with Crippen LogP contribution in [0.3, 0.4) is 0 Å². The van der Waals surface area contributed by atoms with Crippen LogP contribution in [0.5, 0.6) is 0 Å². The Balaban J connectivity index is 2.57. The molecule has 1 atom stereocenters. The summed E-state index contributed by atoms with van der Waals surface area (Å²) in [7, 11) is 3.34. The van der Waals surface area contributed by atoms with E-state index in [0.29, 0.717) is 16.9 Å². The lowest BCUT2D eigenvalue weighted by Gasteiger charge is -2.14. The van der Waals surface area contributed by atoms with E-state index >= 15 is 0 Å². The second kappa shape index (κ2) is 5.17. The number of imidazole rings is 1. The fourth-order valence-corrected chi connectivity index (χ4v) is 2.03. The number of nitrogens with zero attached hydrogens (tertiary/aromatic N) is 3. The third-order valence-electron chi connectivity index (χ3n) is 2.89. The van der Waals surface area contributed by atoms with E-state index in [1.807, 2.05) is 0 Å². The van der Waals surface area contributed by atoms with E-state index in [-0.39, 0.29) is 23.6 Å². The average molecular weight is 284 g/mol. The van der Waals surface area contributed by atoms with Crippen LogP contribution in [0.25, 0.3) is 11.0 Å². The number of halogens is 2. The SMILES string of the molecule is CC(Cl)c1nc2ccc(F)cc2n1CC(=O)N(C)C. The highest BCUT2D eigenvalue weighted by molar-refractivity contribution is 6.20. The smallest absolute Gasteiger partial charge is 0.242 e. The molecule has 1 amide bonds. The lowest BCUT2D eigenvalue weighted by atomic mass is 10.3. The van der Waals surface area contributed by atoms with Crippen LogP contribution in [-0.4, -0.2) is 34.5 Å². The summed E-state index contributed by atoms with van der Waals surface area (Å²) in [5, 5.41) is -0.356. The number of hydrogen-bond acceptors (Lipinski definition) is 2. The zero-order valence-corrected chi connectivity index (χ0v) is 11.8. The lowest BCUT2D eigenvalue weighted by molar-refractivity contribution is -0.129. The molecule has 19 heavy (non-hydrogen) atoms. The summed E-state index contributed by atoms with van der Waals surface area (Å²) in [6.07, 6.45) is 0. The van der Waals surface area contributed by atoms with Gasteiger partial charge < -0.3 is 9.47 Å². The van der Waals surface area contributed by atoms with Crippen molar-refractivity contribution in [1.82, 2.24) is 14.5 Å². The maximum Gasteiger partial charge on any atom is 0.242 e. The van der Waals surface area contributed by atoms with Crippen molar-refractivity contribution in [2.45, 2.75) is 18.8 Å². The number of carbonyl (C=O) groups is 1. The van der Waals surface area contributed by atoms with E-state index in [4.69, 9.17) is 11.6 Å². The minimum absolute atomic E-state index is 0.0953. The molecule has 0 fully saturated rings. The van der Waals surface area contributed by atoms with Gasteiger partial charge in [0.2, 0.25) is 5.91 Å². The largest absolute Gasteiger partial charge is 0.347 e. The summed E-state index contributed by atoms with van der Waals surface area (Å²) in [5.41, 5.74) is 1.22. The molecule has 1 unspecified atom stereocenters. The van der Waals surface area contributed by atoms with Gasteiger partial charge in [-0.15, -0.1) is 11.6 Å². The van der Waals surface area contributed by atoms with Gasteiger partial charge in [-0.25, -0.2) is 9.37 Å². The minimum Gasteiger partial charge on any atom is -0.347 e. The van der Waals surface area contributed by atoms with Gasteiger partial charge in [0.25, 0.3) is 0 Å². The zero-order chi connectivity index (χ0) is 14.2. The van der Waals surface area contributed by atoms with E-state index in [1.54, 1.807) is 31.7 Å². The van der Waals surface area contributed by atoms with Crippen LogP contribution in [0.4, 0.5) is 4.39 Å². The first-order chi connectivity index (χ1) is 8.90. The third kappa shape index (κ3) is 2.71. The van der Waals surface area contributed by atoms with Crippen LogP contribution < -0.4 is 0 Å². The Morgan fingerprint density at radius 1 is 1.53 bits per heavy atom. The first-order valence-corrected chi connectivity index (χ1v) is 6.33. The van der Waals surface area contributed by atoms with Gasteiger partial charge in [-0.1, -0.05) is 0 Å². The van der Waals surface area contributed by atoms with Gasteiger partial charge in [0.05, 0.1) is 16.4 Å². The number of fused-ring (bicyclic) bond motifs is 1. The Bertz CT molecular complexity index is 622. The quantitative estimate of drug-likeness (QED) is 0.812. The van der Waals surface area contributed by atoms with Crippen LogP contribution in [0, 0.1) is 5.82 Å². The van der Waals surface area contributed by atoms with Crippen LogP contribution in [0.15, 0.2) is 18.2 Å². The van der Waals surface area contributed by atoms with Crippen molar-refractivity contribution in [2.24, 2.45) is 0 Å². The van der Waals surface area contributed by atoms with Crippen LogP contribution in [0.2, 0.25) is 0 Å². The second-order valence-corrected chi connectivity index (χ2v) is 5.25. The van der Waals surface area contributed by atoms with Crippen LogP contribution >= 0.6 is 11.6 Å². The van der Waals surface area contributed by atoms with Gasteiger partial charge in [-0.05, 0) is 25.1 Å². The molecule has 1 heterocycles. The van der Waals surface area contributed by atoms with Gasteiger partial charge in [0.1, 0.15) is 18.2 Å². The molecule has 0 bridgehead atoms. The zero-order valence-electron chi connectivity index (χ0n) is 11.0. The molecule has 0 aliphatic carbocycles. The molecule has 0 aliphatic heterocycles. The van der Waals surface area contributed by atoms with Gasteiger partial charge in [-0.2, -0.15) is 0 Å². The molecule has 0 radical (unpaired) electrons. The number of rotatable bonds is 3. The maximum atomic E-state index is 13.4. The standard InChI is InChI=1S/C13H15ClFN3O/c1-8(14)13-16-10-5-4-9(15)6-11(10)18(13)7-12(19)17(2)3/h4-6,8H,7H2,1-3H3. The molecule has 102 valence electrons. The molecule has 0 N–H and O–H groups in total. The Hall–Kier alpha value is -1.62. The van der Waals surface area contributed by atoms with E-state index in [2.05, 4.69) is 4.98 Å².